The van der Waals surface area contributed by atoms with E-state index < -0.39 is 0 Å². The first-order valence-electron chi connectivity index (χ1n) is 14.5. The second-order valence-electron chi connectivity index (χ2n) is 11.2. The van der Waals surface area contributed by atoms with E-state index in [2.05, 4.69) is 72.8 Å². The van der Waals surface area contributed by atoms with E-state index in [0.29, 0.717) is 6.42 Å². The van der Waals surface area contributed by atoms with Gasteiger partial charge in [-0.05, 0) is 66.7 Å². The second kappa shape index (κ2) is 9.65. The summed E-state index contributed by atoms with van der Waals surface area (Å²) in [7, 11) is 0. The lowest BCUT2D eigenvalue weighted by molar-refractivity contribution is 0.568. The van der Waals surface area contributed by atoms with E-state index >= 15 is 0 Å². The second-order valence-corrected chi connectivity index (χ2v) is 11.2. The fourth-order valence-corrected chi connectivity index (χ4v) is 6.90. The quantitative estimate of drug-likeness (QED) is 0.233. The normalized spacial score (nSPS) is 19.1. The number of hydrogen-bond acceptors (Lipinski definition) is 4. The van der Waals surface area contributed by atoms with Crippen molar-refractivity contribution in [1.29, 1.82) is 10.5 Å². The van der Waals surface area contributed by atoms with Crippen molar-refractivity contribution < 1.29 is 8.83 Å². The summed E-state index contributed by atoms with van der Waals surface area (Å²) in [5.74, 6) is 0.639. The lowest BCUT2D eigenvalue weighted by atomic mass is 9.79. The van der Waals surface area contributed by atoms with Crippen LogP contribution >= 0.6 is 0 Å². The van der Waals surface area contributed by atoms with Crippen LogP contribution in [0.3, 0.4) is 0 Å². The Morgan fingerprint density at radius 1 is 0.905 bits per heavy atom. The Bertz CT molecular complexity index is 2240. The van der Waals surface area contributed by atoms with Crippen LogP contribution in [0.25, 0.3) is 50.8 Å². The van der Waals surface area contributed by atoms with E-state index in [1.165, 1.54) is 5.57 Å². The van der Waals surface area contributed by atoms with Crippen LogP contribution in [0.15, 0.2) is 99.4 Å². The number of benzene rings is 3. The van der Waals surface area contributed by atoms with E-state index in [9.17, 15) is 10.5 Å². The number of rotatable bonds is 3. The number of fused-ring (bicyclic) bond motifs is 6. The van der Waals surface area contributed by atoms with Gasteiger partial charge in [0.1, 0.15) is 22.3 Å². The molecule has 3 aliphatic carbocycles. The minimum absolute atomic E-state index is 0.0514. The van der Waals surface area contributed by atoms with Crippen molar-refractivity contribution in [2.75, 3.05) is 0 Å². The van der Waals surface area contributed by atoms with E-state index in [0.717, 1.165) is 91.0 Å². The van der Waals surface area contributed by atoms with Gasteiger partial charge in [0.25, 0.3) is 0 Å². The Morgan fingerprint density at radius 3 is 2.71 bits per heavy atom. The summed E-state index contributed by atoms with van der Waals surface area (Å²) in [4.78, 5) is 0. The molecule has 5 aromatic rings. The minimum Gasteiger partial charge on any atom is -0.456 e. The molecule has 0 saturated carbocycles. The maximum atomic E-state index is 10.1. The molecule has 8 rings (SSSR count). The van der Waals surface area contributed by atoms with Gasteiger partial charge in [-0.25, -0.2) is 0 Å². The van der Waals surface area contributed by atoms with Crippen LogP contribution in [0.4, 0.5) is 0 Å². The van der Waals surface area contributed by atoms with Crippen molar-refractivity contribution in [1.82, 2.24) is 0 Å². The topological polar surface area (TPSA) is 73.9 Å². The molecule has 3 aromatic carbocycles. The molecule has 4 heteroatoms. The molecule has 0 fully saturated rings. The van der Waals surface area contributed by atoms with Gasteiger partial charge >= 0.3 is 0 Å². The van der Waals surface area contributed by atoms with E-state index in [1.54, 1.807) is 0 Å². The van der Waals surface area contributed by atoms with Crippen molar-refractivity contribution in [3.63, 3.8) is 0 Å². The summed E-state index contributed by atoms with van der Waals surface area (Å²) in [6, 6.07) is 26.0. The van der Waals surface area contributed by atoms with Crippen LogP contribution in [0.5, 0.6) is 0 Å². The third kappa shape index (κ3) is 3.73. The number of para-hydroxylation sites is 2. The molecule has 42 heavy (non-hydrogen) atoms. The van der Waals surface area contributed by atoms with Crippen LogP contribution in [0, 0.1) is 28.6 Å². The van der Waals surface area contributed by atoms with Crippen molar-refractivity contribution in [3.8, 4) is 23.3 Å². The standard InChI is InChI=1S/C38H26N2O2/c39-21-23-15-18-36-34(19-23)32-13-5-10-27(37(32)42-36)24-16-17-28(33(20-24)26-8-2-1-7-25(26)22-40)30-11-6-12-31-29-9-3-4-14-35(29)41-38(30)31/h1-5,7,9-10,12-18,20,23,26H,6,8,11,19H2. The molecule has 2 unspecified atom stereocenters. The molecule has 0 saturated heterocycles. The Kier molecular flexibility index (Phi) is 5.62. The predicted molar refractivity (Wildman–Crippen MR) is 165 cm³/mol. The maximum Gasteiger partial charge on any atom is 0.142 e. The Balaban J connectivity index is 1.36. The molecule has 2 aromatic heterocycles. The van der Waals surface area contributed by atoms with Gasteiger partial charge in [-0.2, -0.15) is 10.5 Å². The van der Waals surface area contributed by atoms with Crippen LogP contribution in [0.1, 0.15) is 47.6 Å². The minimum atomic E-state index is -0.142. The summed E-state index contributed by atoms with van der Waals surface area (Å²) in [6.07, 6.45) is 15.4. The summed E-state index contributed by atoms with van der Waals surface area (Å²) in [6.45, 7) is 0. The van der Waals surface area contributed by atoms with Crippen LogP contribution in [-0.4, -0.2) is 0 Å². The fourth-order valence-electron chi connectivity index (χ4n) is 6.90. The van der Waals surface area contributed by atoms with Crippen LogP contribution < -0.4 is 10.6 Å². The van der Waals surface area contributed by atoms with Gasteiger partial charge < -0.3 is 8.83 Å². The summed E-state index contributed by atoms with van der Waals surface area (Å²) >= 11 is 0. The zero-order chi connectivity index (χ0) is 28.2. The van der Waals surface area contributed by atoms with E-state index in [-0.39, 0.29) is 11.8 Å². The molecule has 3 aliphatic rings. The number of nitrogens with zero attached hydrogens (tertiary/aromatic N) is 2. The molecule has 0 spiro atoms. The summed E-state index contributed by atoms with van der Waals surface area (Å²) in [5, 5.41) is 23.0. The highest BCUT2D eigenvalue weighted by molar-refractivity contribution is 5.97. The van der Waals surface area contributed by atoms with Gasteiger partial charge in [-0.1, -0.05) is 72.8 Å². The van der Waals surface area contributed by atoms with Crippen LogP contribution in [0.2, 0.25) is 0 Å². The number of hydrogen-bond donors (Lipinski definition) is 0. The largest absolute Gasteiger partial charge is 0.456 e. The first kappa shape index (κ1) is 24.5. The highest BCUT2D eigenvalue weighted by atomic mass is 16.3. The van der Waals surface area contributed by atoms with Gasteiger partial charge in [-0.15, -0.1) is 0 Å². The summed E-state index contributed by atoms with van der Waals surface area (Å²) in [5.41, 5.74) is 10.0. The SMILES string of the molecule is N#CC1=CC=CCC1c1cc(-c2cccc3c4c(oc23)C=CC(C#N)C4)ccc1C1=c2oc3ccccc3c2=CCC1. The number of nitriles is 2. The first-order valence-corrected chi connectivity index (χ1v) is 14.5. The average Bonchev–Trinajstić information content (AvgIpc) is 3.62. The van der Waals surface area contributed by atoms with Gasteiger partial charge in [0.15, 0.2) is 0 Å². The molecule has 0 bridgehead atoms. The summed E-state index contributed by atoms with van der Waals surface area (Å²) < 4.78 is 12.9. The van der Waals surface area contributed by atoms with E-state index in [1.807, 2.05) is 36.4 Å². The van der Waals surface area contributed by atoms with Gasteiger partial charge in [0.2, 0.25) is 0 Å². The van der Waals surface area contributed by atoms with Gasteiger partial charge in [0, 0.05) is 44.2 Å². The third-order valence-corrected chi connectivity index (χ3v) is 8.92. The average molecular weight is 543 g/mol. The Hall–Kier alpha value is -5.32. The fraction of sp³-hybridized carbons (Fsp3) is 0.158. The third-order valence-electron chi connectivity index (χ3n) is 8.92. The Labute approximate surface area is 243 Å². The molecule has 0 radical (unpaired) electrons. The number of allylic oxidation sites excluding steroid dienone is 5. The van der Waals surface area contributed by atoms with Gasteiger partial charge in [0.05, 0.1) is 18.1 Å². The lowest BCUT2D eigenvalue weighted by Crippen LogP contribution is -2.27. The molecule has 0 aliphatic heterocycles. The maximum absolute atomic E-state index is 10.1. The van der Waals surface area contributed by atoms with Crippen molar-refractivity contribution in [2.24, 2.45) is 5.92 Å². The predicted octanol–water partition coefficient (Wildman–Crippen LogP) is 7.82. The van der Waals surface area contributed by atoms with Crippen LogP contribution in [-0.2, 0) is 6.42 Å². The van der Waals surface area contributed by atoms with Crippen molar-refractivity contribution >= 4 is 39.7 Å². The molecular weight excluding hydrogens is 516 g/mol. The van der Waals surface area contributed by atoms with Crippen molar-refractivity contribution in [3.05, 3.63) is 124 Å². The molecule has 2 heterocycles. The molecule has 0 N–H and O–H groups in total. The lowest BCUT2D eigenvalue weighted by Gasteiger charge is -2.23. The molecule has 0 amide bonds. The molecule has 200 valence electrons. The first-order chi connectivity index (χ1) is 20.7. The zero-order valence-electron chi connectivity index (χ0n) is 22.9. The molecule has 2 atom stereocenters. The highest BCUT2D eigenvalue weighted by Crippen LogP contribution is 2.42. The molecule has 4 nitrogen and oxygen atoms in total. The monoisotopic (exact) mass is 542 g/mol. The van der Waals surface area contributed by atoms with E-state index in [4.69, 9.17) is 8.83 Å². The Morgan fingerprint density at radius 2 is 1.81 bits per heavy atom. The smallest absolute Gasteiger partial charge is 0.142 e. The van der Waals surface area contributed by atoms with Gasteiger partial charge in [-0.3, -0.25) is 0 Å². The molecular formula is C38H26N2O2. The zero-order valence-corrected chi connectivity index (χ0v) is 22.9. The highest BCUT2D eigenvalue weighted by Gasteiger charge is 2.26. The van der Waals surface area contributed by atoms with Crippen molar-refractivity contribution in [2.45, 2.75) is 31.6 Å². The number of furan rings is 2.